The molecule has 4 nitrogen and oxygen atoms in total. The normalized spacial score (nSPS) is 25.9. The summed E-state index contributed by atoms with van der Waals surface area (Å²) in [6.45, 7) is 3.72. The maximum atomic E-state index is 12.4. The van der Waals surface area contributed by atoms with E-state index in [0.29, 0.717) is 12.8 Å². The fraction of sp³-hybridized carbons (Fsp3) is 0.667. The van der Waals surface area contributed by atoms with Crippen molar-refractivity contribution in [1.29, 1.82) is 0 Å². The van der Waals surface area contributed by atoms with Crippen LogP contribution in [0, 0.1) is 12.8 Å². The number of carbonyl (C=O) groups excluding carboxylic acids is 1. The molecule has 1 aliphatic heterocycles. The third-order valence-electron chi connectivity index (χ3n) is 5.16. The smallest absolute Gasteiger partial charge is 0.389 e. The Morgan fingerprint density at radius 1 is 1.21 bits per heavy atom. The topological polar surface area (TPSA) is 61.6 Å². The quantitative estimate of drug-likeness (QED) is 0.515. The maximum Gasteiger partial charge on any atom is 0.389 e. The number of nitrogens with two attached hydrogens (primary N) is 1. The van der Waals surface area contributed by atoms with Crippen molar-refractivity contribution in [3.05, 3.63) is 35.4 Å². The largest absolute Gasteiger partial charge is 0.459 e. The zero-order chi connectivity index (χ0) is 20.7. The van der Waals surface area contributed by atoms with Gasteiger partial charge in [-0.15, -0.1) is 12.4 Å². The standard InChI is InChI=1S/C21H30F3NO3.ClH/c1-14-7-9-16(10-8-14)13-17-5-3-6-18(25)20(26)28-15(2)19(17)27-12-4-11-21(22,23)24;/h7-10,15,17-19H,3-6,11-13,25H2,1-2H3;1H/t15-,17+,18-,19-;/m0./s1. The molecule has 2 N–H and O–H groups in total. The molecule has 8 heteroatoms. The molecule has 4 atom stereocenters. The van der Waals surface area contributed by atoms with Crippen LogP contribution in [0.4, 0.5) is 13.2 Å². The molecule has 0 spiro atoms. The van der Waals surface area contributed by atoms with Crippen molar-refractivity contribution in [1.82, 2.24) is 0 Å². The molecule has 1 aromatic carbocycles. The number of carbonyl (C=O) groups is 1. The Bertz CT molecular complexity index is 625. The average Bonchev–Trinajstić information content (AvgIpc) is 2.65. The van der Waals surface area contributed by atoms with E-state index >= 15 is 0 Å². The molecule has 0 radical (unpaired) electrons. The molecule has 166 valence electrons. The fourth-order valence-electron chi connectivity index (χ4n) is 3.61. The van der Waals surface area contributed by atoms with E-state index in [0.717, 1.165) is 24.0 Å². The van der Waals surface area contributed by atoms with E-state index < -0.39 is 36.8 Å². The van der Waals surface area contributed by atoms with Gasteiger partial charge in [0.25, 0.3) is 0 Å². The number of cyclic esters (lactones) is 1. The second-order valence-electron chi connectivity index (χ2n) is 7.68. The molecule has 1 heterocycles. The van der Waals surface area contributed by atoms with Gasteiger partial charge in [0.2, 0.25) is 0 Å². The fourth-order valence-corrected chi connectivity index (χ4v) is 3.61. The van der Waals surface area contributed by atoms with Crippen molar-refractivity contribution < 1.29 is 27.4 Å². The summed E-state index contributed by atoms with van der Waals surface area (Å²) in [6.07, 6.45) is -3.50. The molecule has 0 aliphatic carbocycles. The van der Waals surface area contributed by atoms with Gasteiger partial charge in [-0.1, -0.05) is 36.2 Å². The van der Waals surface area contributed by atoms with Crippen LogP contribution in [0.1, 0.15) is 50.2 Å². The Hall–Kier alpha value is -1.31. The van der Waals surface area contributed by atoms with Gasteiger partial charge in [-0.05, 0) is 51.0 Å². The Labute approximate surface area is 176 Å². The van der Waals surface area contributed by atoms with Crippen molar-refractivity contribution in [3.63, 3.8) is 0 Å². The highest BCUT2D eigenvalue weighted by molar-refractivity contribution is 5.85. The molecule has 0 aromatic heterocycles. The van der Waals surface area contributed by atoms with E-state index in [1.54, 1.807) is 6.92 Å². The summed E-state index contributed by atoms with van der Waals surface area (Å²) in [5.74, 6) is -0.450. The Balaban J connectivity index is 0.00000420. The summed E-state index contributed by atoms with van der Waals surface area (Å²) in [6, 6.07) is 7.48. The lowest BCUT2D eigenvalue weighted by Crippen LogP contribution is -2.41. The highest BCUT2D eigenvalue weighted by Crippen LogP contribution is 2.28. The second kappa shape index (κ2) is 11.8. The van der Waals surface area contributed by atoms with Gasteiger partial charge in [0.05, 0.1) is 6.10 Å². The van der Waals surface area contributed by atoms with Gasteiger partial charge in [-0.2, -0.15) is 13.2 Å². The predicted molar refractivity (Wildman–Crippen MR) is 108 cm³/mol. The van der Waals surface area contributed by atoms with E-state index in [4.69, 9.17) is 15.2 Å². The Morgan fingerprint density at radius 3 is 2.48 bits per heavy atom. The first-order chi connectivity index (χ1) is 13.2. The lowest BCUT2D eigenvalue weighted by molar-refractivity contribution is -0.161. The SMILES string of the molecule is Cc1ccc(C[C@H]2CCC[C@H](N)C(=O)O[C@@H](C)[C@@H]2OCCCC(F)(F)F)cc1.Cl. The monoisotopic (exact) mass is 437 g/mol. The van der Waals surface area contributed by atoms with Gasteiger partial charge in [-0.25, -0.2) is 0 Å². The molecule has 1 saturated heterocycles. The van der Waals surface area contributed by atoms with Gasteiger partial charge < -0.3 is 15.2 Å². The first-order valence-corrected chi connectivity index (χ1v) is 9.85. The molecule has 0 unspecified atom stereocenters. The highest BCUT2D eigenvalue weighted by atomic mass is 35.5. The summed E-state index contributed by atoms with van der Waals surface area (Å²) < 4.78 is 48.6. The molecule has 1 fully saturated rings. The van der Waals surface area contributed by atoms with Crippen molar-refractivity contribution in [2.45, 2.75) is 76.8 Å². The van der Waals surface area contributed by atoms with E-state index in [1.807, 2.05) is 31.2 Å². The van der Waals surface area contributed by atoms with Crippen molar-refractivity contribution in [3.8, 4) is 0 Å². The molecular formula is C21H31ClF3NO3. The molecular weight excluding hydrogens is 407 g/mol. The minimum atomic E-state index is -4.20. The van der Waals surface area contributed by atoms with Crippen LogP contribution in [-0.2, 0) is 20.7 Å². The lowest BCUT2D eigenvalue weighted by Gasteiger charge is -2.31. The van der Waals surface area contributed by atoms with Gasteiger partial charge in [-0.3, -0.25) is 4.79 Å². The number of hydrogen-bond acceptors (Lipinski definition) is 4. The van der Waals surface area contributed by atoms with Gasteiger partial charge in [0, 0.05) is 13.0 Å². The number of hydrogen-bond donors (Lipinski definition) is 1. The first-order valence-electron chi connectivity index (χ1n) is 9.85. The number of alkyl halides is 3. The van der Waals surface area contributed by atoms with Crippen LogP contribution >= 0.6 is 12.4 Å². The molecule has 2 rings (SSSR count). The van der Waals surface area contributed by atoms with Crippen molar-refractivity contribution >= 4 is 18.4 Å². The highest BCUT2D eigenvalue weighted by Gasteiger charge is 2.34. The number of halogens is 4. The van der Waals surface area contributed by atoms with Gasteiger partial charge >= 0.3 is 12.1 Å². The van der Waals surface area contributed by atoms with E-state index in [-0.39, 0.29) is 31.4 Å². The van der Waals surface area contributed by atoms with E-state index in [1.165, 1.54) is 0 Å². The summed E-state index contributed by atoms with van der Waals surface area (Å²) in [7, 11) is 0. The van der Waals surface area contributed by atoms with Gasteiger partial charge in [0.1, 0.15) is 12.1 Å². The van der Waals surface area contributed by atoms with Crippen molar-refractivity contribution in [2.24, 2.45) is 11.7 Å². The molecule has 0 bridgehead atoms. The lowest BCUT2D eigenvalue weighted by atomic mass is 9.86. The molecule has 1 aliphatic rings. The molecule has 1 aromatic rings. The zero-order valence-corrected chi connectivity index (χ0v) is 17.7. The minimum Gasteiger partial charge on any atom is -0.459 e. The number of aryl methyl sites for hydroxylation is 1. The van der Waals surface area contributed by atoms with E-state index in [2.05, 4.69) is 0 Å². The van der Waals surface area contributed by atoms with Crippen molar-refractivity contribution in [2.75, 3.05) is 6.61 Å². The second-order valence-corrected chi connectivity index (χ2v) is 7.68. The van der Waals surface area contributed by atoms with Crippen LogP contribution in [0.15, 0.2) is 24.3 Å². The molecule has 0 saturated carbocycles. The predicted octanol–water partition coefficient (Wildman–Crippen LogP) is 4.75. The summed E-state index contributed by atoms with van der Waals surface area (Å²) in [4.78, 5) is 12.1. The van der Waals surface area contributed by atoms with Gasteiger partial charge in [0.15, 0.2) is 0 Å². The third kappa shape index (κ3) is 8.93. The van der Waals surface area contributed by atoms with Crippen LogP contribution in [0.2, 0.25) is 0 Å². The minimum absolute atomic E-state index is 0. The molecule has 0 amide bonds. The van der Waals surface area contributed by atoms with Crippen LogP contribution in [0.25, 0.3) is 0 Å². The number of rotatable bonds is 6. The first kappa shape index (κ1) is 25.7. The Morgan fingerprint density at radius 2 is 1.86 bits per heavy atom. The van der Waals surface area contributed by atoms with Crippen LogP contribution in [-0.4, -0.2) is 37.0 Å². The third-order valence-corrected chi connectivity index (χ3v) is 5.16. The maximum absolute atomic E-state index is 12.4. The van der Waals surface area contributed by atoms with Crippen LogP contribution < -0.4 is 5.73 Å². The molecule has 29 heavy (non-hydrogen) atoms. The average molecular weight is 438 g/mol. The summed E-state index contributed by atoms with van der Waals surface area (Å²) >= 11 is 0. The summed E-state index contributed by atoms with van der Waals surface area (Å²) in [5, 5.41) is 0. The number of ether oxygens (including phenoxy) is 2. The van der Waals surface area contributed by atoms with E-state index in [9.17, 15) is 18.0 Å². The number of benzene rings is 1. The number of esters is 1. The summed E-state index contributed by atoms with van der Waals surface area (Å²) in [5.41, 5.74) is 8.15. The van der Waals surface area contributed by atoms with Crippen LogP contribution in [0.5, 0.6) is 0 Å². The zero-order valence-electron chi connectivity index (χ0n) is 16.9. The Kier molecular flexibility index (Phi) is 10.4. The van der Waals surface area contributed by atoms with Crippen LogP contribution in [0.3, 0.4) is 0 Å².